The van der Waals surface area contributed by atoms with Gasteiger partial charge in [-0.2, -0.15) is 0 Å². The molecule has 0 aliphatic heterocycles. The molecule has 0 saturated heterocycles. The van der Waals surface area contributed by atoms with Crippen molar-refractivity contribution in [3.8, 4) is 5.75 Å². The largest absolute Gasteiger partial charge is 0.487 e. The maximum atomic E-state index is 11.5. The zero-order valence-corrected chi connectivity index (χ0v) is 13.8. The van der Waals surface area contributed by atoms with Crippen molar-refractivity contribution in [2.24, 2.45) is 0 Å². The average molecular weight is 397 g/mol. The summed E-state index contributed by atoms with van der Waals surface area (Å²) >= 11 is 9.14. The number of pyridine rings is 1. The van der Waals surface area contributed by atoms with Crippen LogP contribution < -0.4 is 4.74 Å². The minimum Gasteiger partial charge on any atom is -0.487 e. The molecule has 0 unspecified atom stereocenters. The number of aromatic nitrogens is 1. The Morgan fingerprint density at radius 1 is 1.30 bits per heavy atom. The topological polar surface area (TPSA) is 56.3 Å². The van der Waals surface area contributed by atoms with E-state index in [0.29, 0.717) is 15.1 Å². The summed E-state index contributed by atoms with van der Waals surface area (Å²) in [6.07, 6.45) is 3.06. The van der Waals surface area contributed by atoms with Crippen molar-refractivity contribution in [2.75, 3.05) is 0 Å². The summed E-state index contributed by atoms with van der Waals surface area (Å²) in [5, 5.41) is 0.444. The van der Waals surface area contributed by atoms with Gasteiger partial charge in [0.15, 0.2) is 0 Å². The highest BCUT2D eigenvalue weighted by Crippen LogP contribution is 2.31. The molecule has 0 aliphatic rings. The molecule has 1 heterocycles. The number of rotatable bonds is 4. The van der Waals surface area contributed by atoms with Crippen LogP contribution in [0.2, 0.25) is 5.02 Å². The highest BCUT2D eigenvalue weighted by atomic mass is 79.9. The van der Waals surface area contributed by atoms with Gasteiger partial charge in [0.25, 0.3) is 9.05 Å². The van der Waals surface area contributed by atoms with E-state index < -0.39 is 9.05 Å². The van der Waals surface area contributed by atoms with Crippen LogP contribution in [-0.2, 0) is 15.7 Å². The highest BCUT2D eigenvalue weighted by molar-refractivity contribution is 9.10. The quantitative estimate of drug-likeness (QED) is 0.732. The molecule has 0 aliphatic carbocycles. The van der Waals surface area contributed by atoms with Crippen LogP contribution in [0.5, 0.6) is 5.75 Å². The third kappa shape index (κ3) is 3.85. The van der Waals surface area contributed by atoms with Gasteiger partial charge in [0.2, 0.25) is 0 Å². The third-order valence-electron chi connectivity index (χ3n) is 2.41. The molecule has 20 heavy (non-hydrogen) atoms. The standard InChI is InChI=1S/C12H8BrCl2NO3S/c13-9-1-2-11(12(5-9)20(15,17)18)19-7-8-3-4-16-6-10(8)14/h1-6H,7H2. The van der Waals surface area contributed by atoms with Crippen molar-refractivity contribution in [1.82, 2.24) is 4.98 Å². The summed E-state index contributed by atoms with van der Waals surface area (Å²) in [6.45, 7) is 0.113. The lowest BCUT2D eigenvalue weighted by Gasteiger charge is -2.10. The van der Waals surface area contributed by atoms with Crippen molar-refractivity contribution in [2.45, 2.75) is 11.5 Å². The van der Waals surface area contributed by atoms with Gasteiger partial charge in [-0.05, 0) is 24.3 Å². The van der Waals surface area contributed by atoms with E-state index in [1.807, 2.05) is 0 Å². The van der Waals surface area contributed by atoms with Gasteiger partial charge in [-0.15, -0.1) is 0 Å². The van der Waals surface area contributed by atoms with Crippen LogP contribution in [-0.4, -0.2) is 13.4 Å². The number of benzene rings is 1. The molecule has 4 nitrogen and oxygen atoms in total. The summed E-state index contributed by atoms with van der Waals surface area (Å²) < 4.78 is 29.1. The smallest absolute Gasteiger partial charge is 0.265 e. The molecule has 0 N–H and O–H groups in total. The van der Waals surface area contributed by atoms with Crippen LogP contribution in [0.25, 0.3) is 0 Å². The fourth-order valence-electron chi connectivity index (χ4n) is 1.47. The second-order valence-corrected chi connectivity index (χ2v) is 7.64. The Labute approximate surface area is 134 Å². The summed E-state index contributed by atoms with van der Waals surface area (Å²) in [6, 6.07) is 6.26. The summed E-state index contributed by atoms with van der Waals surface area (Å²) in [7, 11) is 1.49. The Balaban J connectivity index is 2.29. The second kappa shape index (κ2) is 6.30. The number of nitrogens with zero attached hydrogens (tertiary/aromatic N) is 1. The number of hydrogen-bond acceptors (Lipinski definition) is 4. The molecule has 2 rings (SSSR count). The molecule has 0 saturated carbocycles. The van der Waals surface area contributed by atoms with Crippen LogP contribution >= 0.6 is 38.2 Å². The van der Waals surface area contributed by atoms with Crippen LogP contribution in [0.1, 0.15) is 5.56 Å². The molecular formula is C12H8BrCl2NO3S. The van der Waals surface area contributed by atoms with Gasteiger partial charge in [-0.25, -0.2) is 8.42 Å². The van der Waals surface area contributed by atoms with E-state index in [2.05, 4.69) is 20.9 Å². The molecule has 0 amide bonds. The first-order chi connectivity index (χ1) is 9.38. The Bertz CT molecular complexity index is 737. The monoisotopic (exact) mass is 395 g/mol. The molecule has 0 bridgehead atoms. The van der Waals surface area contributed by atoms with Gasteiger partial charge in [0.1, 0.15) is 17.3 Å². The van der Waals surface area contributed by atoms with Crippen molar-refractivity contribution in [1.29, 1.82) is 0 Å². The molecule has 106 valence electrons. The third-order valence-corrected chi connectivity index (χ3v) is 4.58. The molecule has 2 aromatic rings. The lowest BCUT2D eigenvalue weighted by Crippen LogP contribution is -2.01. The SMILES string of the molecule is O=S(=O)(Cl)c1cc(Br)ccc1OCc1ccncc1Cl. The van der Waals surface area contributed by atoms with Gasteiger partial charge in [0.05, 0.1) is 5.02 Å². The Morgan fingerprint density at radius 2 is 2.05 bits per heavy atom. The van der Waals surface area contributed by atoms with Crippen molar-refractivity contribution < 1.29 is 13.2 Å². The van der Waals surface area contributed by atoms with Crippen LogP contribution in [0.3, 0.4) is 0 Å². The molecule has 0 atom stereocenters. The second-order valence-electron chi connectivity index (χ2n) is 3.78. The lowest BCUT2D eigenvalue weighted by molar-refractivity contribution is 0.298. The molecule has 0 radical (unpaired) electrons. The van der Waals surface area contributed by atoms with E-state index in [0.717, 1.165) is 0 Å². The fourth-order valence-corrected chi connectivity index (χ4v) is 3.15. The molecule has 1 aromatic carbocycles. The average Bonchev–Trinajstić information content (AvgIpc) is 2.38. The van der Waals surface area contributed by atoms with Crippen molar-refractivity contribution in [3.63, 3.8) is 0 Å². The van der Waals surface area contributed by atoms with E-state index in [1.165, 1.54) is 18.3 Å². The number of hydrogen-bond donors (Lipinski definition) is 0. The van der Waals surface area contributed by atoms with E-state index in [9.17, 15) is 8.42 Å². The zero-order chi connectivity index (χ0) is 14.8. The van der Waals surface area contributed by atoms with Crippen LogP contribution in [0.4, 0.5) is 0 Å². The van der Waals surface area contributed by atoms with E-state index in [1.54, 1.807) is 18.3 Å². The highest BCUT2D eigenvalue weighted by Gasteiger charge is 2.17. The van der Waals surface area contributed by atoms with Gasteiger partial charge >= 0.3 is 0 Å². The maximum absolute atomic E-state index is 11.5. The van der Waals surface area contributed by atoms with E-state index >= 15 is 0 Å². The van der Waals surface area contributed by atoms with Gasteiger partial charge in [0, 0.05) is 33.1 Å². The first-order valence-electron chi connectivity index (χ1n) is 5.33. The van der Waals surface area contributed by atoms with Gasteiger partial charge < -0.3 is 4.74 Å². The molecule has 0 spiro atoms. The first kappa shape index (κ1) is 15.6. The lowest BCUT2D eigenvalue weighted by atomic mass is 10.3. The Hall–Kier alpha value is -0.820. The predicted octanol–water partition coefficient (Wildman–Crippen LogP) is 4.00. The predicted molar refractivity (Wildman–Crippen MR) is 80.8 cm³/mol. The number of ether oxygens (including phenoxy) is 1. The van der Waals surface area contributed by atoms with Gasteiger partial charge in [-0.3, -0.25) is 4.98 Å². The summed E-state index contributed by atoms with van der Waals surface area (Å²) in [4.78, 5) is 3.76. The van der Waals surface area contributed by atoms with Crippen molar-refractivity contribution >= 4 is 47.3 Å². The summed E-state index contributed by atoms with van der Waals surface area (Å²) in [5.74, 6) is 0.163. The molecule has 1 aromatic heterocycles. The first-order valence-corrected chi connectivity index (χ1v) is 8.81. The molecule has 8 heteroatoms. The Kier molecular flexibility index (Phi) is 4.90. The minimum absolute atomic E-state index is 0.0984. The summed E-state index contributed by atoms with van der Waals surface area (Å²) in [5.41, 5.74) is 0.697. The Morgan fingerprint density at radius 3 is 2.70 bits per heavy atom. The van der Waals surface area contributed by atoms with Crippen molar-refractivity contribution in [3.05, 3.63) is 51.7 Å². The zero-order valence-electron chi connectivity index (χ0n) is 9.89. The fraction of sp³-hybridized carbons (Fsp3) is 0.0833. The normalized spacial score (nSPS) is 11.3. The maximum Gasteiger partial charge on any atom is 0.265 e. The van der Waals surface area contributed by atoms with Gasteiger partial charge in [-0.1, -0.05) is 27.5 Å². The van der Waals surface area contributed by atoms with E-state index in [-0.39, 0.29) is 17.3 Å². The van der Waals surface area contributed by atoms with Crippen LogP contribution in [0, 0.1) is 0 Å². The van der Waals surface area contributed by atoms with E-state index in [4.69, 9.17) is 27.0 Å². The molecule has 0 fully saturated rings. The number of halogens is 3. The minimum atomic E-state index is -3.90. The van der Waals surface area contributed by atoms with Crippen LogP contribution in [0.15, 0.2) is 46.0 Å². The molecular weight excluding hydrogens is 389 g/mol.